The molecule has 1 aromatic heterocycles. The summed E-state index contributed by atoms with van der Waals surface area (Å²) in [6.07, 6.45) is -2.27. The Morgan fingerprint density at radius 1 is 1.39 bits per heavy atom. The summed E-state index contributed by atoms with van der Waals surface area (Å²) in [5.74, 6) is -1.40. The van der Waals surface area contributed by atoms with Crippen molar-refractivity contribution >= 4 is 33.5 Å². The number of sulfonamides is 1. The van der Waals surface area contributed by atoms with Gasteiger partial charge in [-0.25, -0.2) is 12.8 Å². The fourth-order valence-corrected chi connectivity index (χ4v) is 5.24. The average molecular weight is 476 g/mol. The number of aromatic nitrogens is 1. The van der Waals surface area contributed by atoms with E-state index in [0.717, 1.165) is 6.07 Å². The van der Waals surface area contributed by atoms with Gasteiger partial charge < -0.3 is 4.57 Å². The molecule has 0 radical (unpaired) electrons. The van der Waals surface area contributed by atoms with Crippen molar-refractivity contribution in [1.82, 2.24) is 9.29 Å². The number of ketones is 1. The highest BCUT2D eigenvalue weighted by atomic mass is 35.5. The molecule has 1 N–H and O–H groups in total. The lowest BCUT2D eigenvalue weighted by Gasteiger charge is -2.17. The Balaban J connectivity index is 2.01. The summed E-state index contributed by atoms with van der Waals surface area (Å²) in [6.45, 7) is 0.734. The number of hydrogen-bond acceptors (Lipinski definition) is 4. The maximum Gasteiger partial charge on any atom is 0.404 e. The molecule has 1 atom stereocenters. The van der Waals surface area contributed by atoms with Gasteiger partial charge in [-0.15, -0.1) is 0 Å². The maximum atomic E-state index is 13.5. The zero-order valence-electron chi connectivity index (χ0n) is 15.8. The van der Waals surface area contributed by atoms with Crippen molar-refractivity contribution in [2.45, 2.75) is 37.0 Å². The lowest BCUT2D eigenvalue weighted by atomic mass is 10.0. The summed E-state index contributed by atoms with van der Waals surface area (Å²) >= 11 is 6.19. The SMILES string of the molecule is C[C@@H](NS(=O)(=O)c1c(Cl)c(C(=O)Cc2ccc(F)c(C#N)c2)n2c1C=CC2)C(F)(F)F. The molecule has 1 aliphatic rings. The minimum atomic E-state index is -4.82. The molecule has 0 bridgehead atoms. The van der Waals surface area contributed by atoms with E-state index in [0.29, 0.717) is 6.92 Å². The summed E-state index contributed by atoms with van der Waals surface area (Å²) in [4.78, 5) is 12.3. The lowest BCUT2D eigenvalue weighted by Crippen LogP contribution is -2.43. The van der Waals surface area contributed by atoms with E-state index >= 15 is 0 Å². The standard InChI is InChI=1S/C19H14ClF4N3O3S/c1-10(19(22,23)24)26-31(29,30)18-14-3-2-6-27(14)17(16(18)20)15(28)8-11-4-5-13(21)12(7-11)9-25/h2-5,7,10,26H,6,8H2,1H3/t10-/m1/s1. The van der Waals surface area contributed by atoms with Crippen LogP contribution in [-0.2, 0) is 23.0 Å². The molecular weight excluding hydrogens is 462 g/mol. The number of benzene rings is 1. The summed E-state index contributed by atoms with van der Waals surface area (Å²) in [6, 6.07) is 2.76. The van der Waals surface area contributed by atoms with E-state index in [1.54, 1.807) is 6.07 Å². The number of rotatable bonds is 6. The van der Waals surface area contributed by atoms with E-state index in [9.17, 15) is 30.8 Å². The van der Waals surface area contributed by atoms with Crippen LogP contribution < -0.4 is 4.72 Å². The van der Waals surface area contributed by atoms with Crippen molar-refractivity contribution in [3.05, 3.63) is 57.6 Å². The molecule has 0 amide bonds. The number of carbonyl (C=O) groups excluding carboxylic acids is 1. The van der Waals surface area contributed by atoms with Crippen molar-refractivity contribution in [1.29, 1.82) is 5.26 Å². The molecular formula is C19H14ClF4N3O3S. The average Bonchev–Trinajstić information content (AvgIpc) is 3.21. The van der Waals surface area contributed by atoms with Crippen molar-refractivity contribution < 1.29 is 30.8 Å². The number of hydrogen-bond donors (Lipinski definition) is 1. The third-order valence-electron chi connectivity index (χ3n) is 4.64. The number of nitrogens with zero attached hydrogens (tertiary/aromatic N) is 2. The van der Waals surface area contributed by atoms with Gasteiger partial charge in [0.25, 0.3) is 0 Å². The van der Waals surface area contributed by atoms with E-state index in [2.05, 4.69) is 0 Å². The summed E-state index contributed by atoms with van der Waals surface area (Å²) in [5.41, 5.74) is -0.211. The van der Waals surface area contributed by atoms with Gasteiger partial charge in [-0.05, 0) is 30.7 Å². The van der Waals surface area contributed by atoms with Crippen LogP contribution in [0.3, 0.4) is 0 Å². The minimum absolute atomic E-state index is 0.0213. The van der Waals surface area contributed by atoms with Gasteiger partial charge in [0.2, 0.25) is 10.0 Å². The van der Waals surface area contributed by atoms with Gasteiger partial charge in [0.15, 0.2) is 5.78 Å². The van der Waals surface area contributed by atoms with Crippen LogP contribution in [0.15, 0.2) is 29.2 Å². The number of fused-ring (bicyclic) bond motifs is 1. The fourth-order valence-electron chi connectivity index (χ4n) is 3.13. The van der Waals surface area contributed by atoms with Crippen LogP contribution in [0.2, 0.25) is 5.02 Å². The molecule has 1 aromatic carbocycles. The van der Waals surface area contributed by atoms with Gasteiger partial charge in [0.1, 0.15) is 28.5 Å². The Morgan fingerprint density at radius 2 is 2.06 bits per heavy atom. The van der Waals surface area contributed by atoms with E-state index in [-0.39, 0.29) is 35.5 Å². The normalized spacial score (nSPS) is 14.4. The highest BCUT2D eigenvalue weighted by Crippen LogP contribution is 2.37. The molecule has 2 aromatic rings. The first kappa shape index (κ1) is 23.0. The number of allylic oxidation sites excluding steroid dienone is 1. The third-order valence-corrected chi connectivity index (χ3v) is 6.73. The number of nitrogens with one attached hydrogen (secondary N) is 1. The Morgan fingerprint density at radius 3 is 2.68 bits per heavy atom. The van der Waals surface area contributed by atoms with Gasteiger partial charge in [0.05, 0.1) is 16.3 Å². The van der Waals surface area contributed by atoms with Crippen LogP contribution in [0.1, 0.15) is 34.2 Å². The van der Waals surface area contributed by atoms with Gasteiger partial charge in [-0.3, -0.25) is 4.79 Å². The molecule has 1 aliphatic heterocycles. The molecule has 31 heavy (non-hydrogen) atoms. The predicted molar refractivity (Wildman–Crippen MR) is 103 cm³/mol. The molecule has 3 rings (SSSR count). The topological polar surface area (TPSA) is 92.0 Å². The van der Waals surface area contributed by atoms with Gasteiger partial charge in [-0.1, -0.05) is 23.7 Å². The van der Waals surface area contributed by atoms with Crippen molar-refractivity contribution in [2.75, 3.05) is 0 Å². The number of alkyl halides is 3. The number of nitriles is 1. The molecule has 0 aliphatic carbocycles. The Hall–Kier alpha value is -2.68. The van der Waals surface area contributed by atoms with Crippen molar-refractivity contribution in [2.24, 2.45) is 0 Å². The van der Waals surface area contributed by atoms with Gasteiger partial charge in [0, 0.05) is 13.0 Å². The first-order valence-electron chi connectivity index (χ1n) is 8.76. The monoisotopic (exact) mass is 475 g/mol. The fraction of sp³-hybridized carbons (Fsp3) is 0.263. The third kappa shape index (κ3) is 4.37. The molecule has 0 fully saturated rings. The second kappa shape index (κ2) is 8.11. The van der Waals surface area contributed by atoms with Crippen molar-refractivity contribution in [3.63, 3.8) is 0 Å². The van der Waals surface area contributed by atoms with Crippen LogP contribution >= 0.6 is 11.6 Å². The molecule has 0 saturated carbocycles. The van der Waals surface area contributed by atoms with E-state index < -0.39 is 43.8 Å². The van der Waals surface area contributed by atoms with Crippen LogP contribution in [0, 0.1) is 17.1 Å². The number of halogens is 5. The minimum Gasteiger partial charge on any atom is -0.332 e. The molecule has 12 heteroatoms. The zero-order chi connectivity index (χ0) is 23.1. The van der Waals surface area contributed by atoms with Crippen LogP contribution in [0.5, 0.6) is 0 Å². The summed E-state index contributed by atoms with van der Waals surface area (Å²) in [7, 11) is -4.72. The Bertz CT molecular complexity index is 1240. The molecule has 0 spiro atoms. The summed E-state index contributed by atoms with van der Waals surface area (Å²) < 4.78 is 80.2. The molecule has 164 valence electrons. The zero-order valence-corrected chi connectivity index (χ0v) is 17.4. The molecule has 6 nitrogen and oxygen atoms in total. The van der Waals surface area contributed by atoms with Crippen molar-refractivity contribution in [3.8, 4) is 6.07 Å². The van der Waals surface area contributed by atoms with E-state index in [4.69, 9.17) is 16.9 Å². The second-order valence-electron chi connectivity index (χ2n) is 6.80. The summed E-state index contributed by atoms with van der Waals surface area (Å²) in [5, 5.41) is 8.42. The Labute approximate surface area is 179 Å². The van der Waals surface area contributed by atoms with Gasteiger partial charge >= 0.3 is 6.18 Å². The molecule has 0 saturated heterocycles. The van der Waals surface area contributed by atoms with Crippen LogP contribution in [0.4, 0.5) is 17.6 Å². The van der Waals surface area contributed by atoms with Gasteiger partial charge in [-0.2, -0.15) is 23.2 Å². The molecule has 2 heterocycles. The number of Topliss-reactive ketones (excluding diaryl/α,β-unsaturated/α-hetero) is 1. The maximum absolute atomic E-state index is 13.5. The lowest BCUT2D eigenvalue weighted by molar-refractivity contribution is -0.147. The Kier molecular flexibility index (Phi) is 6.01. The van der Waals surface area contributed by atoms with E-state index in [1.807, 2.05) is 0 Å². The second-order valence-corrected chi connectivity index (χ2v) is 8.83. The van der Waals surface area contributed by atoms with Crippen LogP contribution in [0.25, 0.3) is 6.08 Å². The number of carbonyl (C=O) groups is 1. The first-order valence-corrected chi connectivity index (χ1v) is 10.6. The highest BCUT2D eigenvalue weighted by Gasteiger charge is 2.41. The quantitative estimate of drug-likeness (QED) is 0.507. The van der Waals surface area contributed by atoms with Crippen LogP contribution in [-0.4, -0.2) is 31.0 Å². The highest BCUT2D eigenvalue weighted by molar-refractivity contribution is 7.89. The smallest absolute Gasteiger partial charge is 0.332 e. The van der Waals surface area contributed by atoms with E-state index in [1.165, 1.54) is 33.6 Å². The largest absolute Gasteiger partial charge is 0.404 e. The molecule has 0 unspecified atom stereocenters. The predicted octanol–water partition coefficient (Wildman–Crippen LogP) is 3.83. The first-order chi connectivity index (χ1) is 14.4.